The summed E-state index contributed by atoms with van der Waals surface area (Å²) in [5.41, 5.74) is 1.29. The monoisotopic (exact) mass is 397 g/mol. The Morgan fingerprint density at radius 1 is 0.960 bits per heavy atom. The van der Waals surface area contributed by atoms with Gasteiger partial charge < -0.3 is 10.1 Å². The van der Waals surface area contributed by atoms with Gasteiger partial charge in [0, 0.05) is 6.54 Å². The summed E-state index contributed by atoms with van der Waals surface area (Å²) in [5, 5.41) is 5.10. The van der Waals surface area contributed by atoms with E-state index in [1.165, 1.54) is 5.56 Å². The van der Waals surface area contributed by atoms with E-state index in [2.05, 4.69) is 33.4 Å². The zero-order valence-electron chi connectivity index (χ0n) is 13.9. The lowest BCUT2D eigenvalue weighted by Gasteiger charge is -2.10. The van der Waals surface area contributed by atoms with Crippen LogP contribution in [-0.2, 0) is 11.2 Å². The molecule has 0 saturated carbocycles. The van der Waals surface area contributed by atoms with Crippen molar-refractivity contribution < 1.29 is 9.53 Å². The van der Waals surface area contributed by atoms with Gasteiger partial charge in [-0.25, -0.2) is 0 Å². The fourth-order valence-electron chi connectivity index (χ4n) is 2.68. The molecule has 0 aromatic heterocycles. The third-order valence-corrected chi connectivity index (χ3v) is 4.81. The van der Waals surface area contributed by atoms with E-state index in [4.69, 9.17) is 4.74 Å². The highest BCUT2D eigenvalue weighted by Gasteiger charge is 2.08. The van der Waals surface area contributed by atoms with E-state index in [9.17, 15) is 4.79 Å². The fourth-order valence-corrected chi connectivity index (χ4v) is 3.29. The minimum Gasteiger partial charge on any atom is -0.483 e. The molecule has 0 unspecified atom stereocenters. The molecule has 0 radical (unpaired) electrons. The van der Waals surface area contributed by atoms with Gasteiger partial charge in [-0.05, 0) is 51.2 Å². The molecule has 0 saturated heterocycles. The van der Waals surface area contributed by atoms with Crippen molar-refractivity contribution in [2.24, 2.45) is 0 Å². The lowest BCUT2D eigenvalue weighted by Crippen LogP contribution is -2.30. The Morgan fingerprint density at radius 3 is 2.56 bits per heavy atom. The Morgan fingerprint density at radius 2 is 1.72 bits per heavy atom. The van der Waals surface area contributed by atoms with Crippen LogP contribution in [0.5, 0.6) is 5.75 Å². The first-order valence-corrected chi connectivity index (χ1v) is 9.14. The average Bonchev–Trinajstić information content (AvgIpc) is 2.66. The summed E-state index contributed by atoms with van der Waals surface area (Å²) in [4.78, 5) is 12.0. The van der Waals surface area contributed by atoms with Crippen molar-refractivity contribution in [1.29, 1.82) is 0 Å². The molecule has 1 N–H and O–H groups in total. The molecule has 4 heteroatoms. The molecule has 128 valence electrons. The Kier molecular flexibility index (Phi) is 6.07. The van der Waals surface area contributed by atoms with E-state index in [0.717, 1.165) is 28.1 Å². The molecule has 0 aliphatic carbocycles. The number of benzene rings is 3. The number of fused-ring (bicyclic) bond motifs is 1. The second kappa shape index (κ2) is 8.67. The van der Waals surface area contributed by atoms with Gasteiger partial charge in [0.15, 0.2) is 6.61 Å². The summed E-state index contributed by atoms with van der Waals surface area (Å²) in [6.07, 6.45) is 1.87. The topological polar surface area (TPSA) is 38.3 Å². The SMILES string of the molecule is O=C(COc1ccc2ccccc2c1Br)NCCCc1ccccc1. The molecule has 3 rings (SSSR count). The molecule has 1 amide bonds. The zero-order chi connectivity index (χ0) is 17.5. The molecule has 0 aliphatic rings. The van der Waals surface area contributed by atoms with Crippen molar-refractivity contribution in [3.8, 4) is 5.75 Å². The van der Waals surface area contributed by atoms with Gasteiger partial charge in [0.2, 0.25) is 0 Å². The van der Waals surface area contributed by atoms with Crippen molar-refractivity contribution in [3.63, 3.8) is 0 Å². The number of hydrogen-bond donors (Lipinski definition) is 1. The Bertz CT molecular complexity index is 849. The molecule has 0 heterocycles. The van der Waals surface area contributed by atoms with Gasteiger partial charge in [0.05, 0.1) is 4.47 Å². The van der Waals surface area contributed by atoms with Gasteiger partial charge in [-0.15, -0.1) is 0 Å². The van der Waals surface area contributed by atoms with Crippen LogP contribution in [0.15, 0.2) is 71.2 Å². The summed E-state index contributed by atoms with van der Waals surface area (Å²) >= 11 is 3.56. The van der Waals surface area contributed by atoms with Gasteiger partial charge in [-0.2, -0.15) is 0 Å². The molecule has 3 nitrogen and oxygen atoms in total. The molecular formula is C21H20BrNO2. The van der Waals surface area contributed by atoms with Crippen LogP contribution in [0.25, 0.3) is 10.8 Å². The third kappa shape index (κ3) is 4.83. The van der Waals surface area contributed by atoms with Crippen LogP contribution >= 0.6 is 15.9 Å². The standard InChI is InChI=1S/C21H20BrNO2/c22-21-18-11-5-4-10-17(18)12-13-19(21)25-15-20(24)23-14-6-9-16-7-2-1-3-8-16/h1-5,7-8,10-13H,6,9,14-15H2,(H,23,24). The first-order chi connectivity index (χ1) is 12.2. The number of halogens is 1. The van der Waals surface area contributed by atoms with Gasteiger partial charge >= 0.3 is 0 Å². The van der Waals surface area contributed by atoms with Crippen LogP contribution in [0, 0.1) is 0 Å². The minimum absolute atomic E-state index is 0.0161. The third-order valence-electron chi connectivity index (χ3n) is 3.99. The van der Waals surface area contributed by atoms with Crippen molar-refractivity contribution >= 4 is 32.6 Å². The Hall–Kier alpha value is -2.33. The molecule has 0 spiro atoms. The molecule has 3 aromatic carbocycles. The van der Waals surface area contributed by atoms with Crippen LogP contribution in [0.2, 0.25) is 0 Å². The van der Waals surface area contributed by atoms with Gasteiger partial charge in [-0.1, -0.05) is 60.7 Å². The van der Waals surface area contributed by atoms with E-state index in [1.807, 2.05) is 54.6 Å². The number of nitrogens with one attached hydrogen (secondary N) is 1. The summed E-state index contributed by atoms with van der Waals surface area (Å²) in [6.45, 7) is 0.665. The largest absolute Gasteiger partial charge is 0.483 e. The van der Waals surface area contributed by atoms with Crippen molar-refractivity contribution in [2.45, 2.75) is 12.8 Å². The van der Waals surface area contributed by atoms with Gasteiger partial charge in [-0.3, -0.25) is 4.79 Å². The Labute approximate surface area is 156 Å². The highest BCUT2D eigenvalue weighted by molar-refractivity contribution is 9.10. The maximum absolute atomic E-state index is 12.0. The molecule has 0 fully saturated rings. The second-order valence-electron chi connectivity index (χ2n) is 5.83. The number of hydrogen-bond acceptors (Lipinski definition) is 2. The molecule has 3 aromatic rings. The zero-order valence-corrected chi connectivity index (χ0v) is 15.5. The highest BCUT2D eigenvalue weighted by atomic mass is 79.9. The van der Waals surface area contributed by atoms with Crippen molar-refractivity contribution in [2.75, 3.05) is 13.2 Å². The predicted molar refractivity (Wildman–Crippen MR) is 105 cm³/mol. The average molecular weight is 398 g/mol. The van der Waals surface area contributed by atoms with Crippen LogP contribution < -0.4 is 10.1 Å². The minimum atomic E-state index is -0.104. The van der Waals surface area contributed by atoms with Crippen molar-refractivity contribution in [3.05, 3.63) is 76.8 Å². The first-order valence-electron chi connectivity index (χ1n) is 8.35. The van der Waals surface area contributed by atoms with Crippen LogP contribution in [0.4, 0.5) is 0 Å². The van der Waals surface area contributed by atoms with Crippen LogP contribution in [0.3, 0.4) is 0 Å². The normalized spacial score (nSPS) is 10.6. The number of aryl methyl sites for hydroxylation is 1. The van der Waals surface area contributed by atoms with Crippen molar-refractivity contribution in [1.82, 2.24) is 5.32 Å². The van der Waals surface area contributed by atoms with Crippen LogP contribution in [0.1, 0.15) is 12.0 Å². The summed E-state index contributed by atoms with van der Waals surface area (Å²) in [5.74, 6) is 0.575. The van der Waals surface area contributed by atoms with E-state index >= 15 is 0 Å². The number of ether oxygens (including phenoxy) is 1. The number of carbonyl (C=O) groups is 1. The van der Waals surface area contributed by atoms with E-state index < -0.39 is 0 Å². The molecule has 0 atom stereocenters. The smallest absolute Gasteiger partial charge is 0.257 e. The van der Waals surface area contributed by atoms with Gasteiger partial charge in [0.1, 0.15) is 5.75 Å². The quantitative estimate of drug-likeness (QED) is 0.585. The number of amides is 1. The maximum atomic E-state index is 12.0. The van der Waals surface area contributed by atoms with Gasteiger partial charge in [0.25, 0.3) is 5.91 Å². The maximum Gasteiger partial charge on any atom is 0.257 e. The summed E-state index contributed by atoms with van der Waals surface area (Å²) < 4.78 is 6.54. The fraction of sp³-hybridized carbons (Fsp3) is 0.190. The molecule has 0 bridgehead atoms. The Balaban J connectivity index is 1.45. The number of rotatable bonds is 7. The lowest BCUT2D eigenvalue weighted by molar-refractivity contribution is -0.123. The molecule has 0 aliphatic heterocycles. The summed E-state index contributed by atoms with van der Waals surface area (Å²) in [6, 6.07) is 22.2. The highest BCUT2D eigenvalue weighted by Crippen LogP contribution is 2.32. The summed E-state index contributed by atoms with van der Waals surface area (Å²) in [7, 11) is 0. The predicted octanol–water partition coefficient (Wildman–Crippen LogP) is 4.73. The molecule has 25 heavy (non-hydrogen) atoms. The first kappa shape index (κ1) is 17.5. The van der Waals surface area contributed by atoms with Crippen LogP contribution in [-0.4, -0.2) is 19.1 Å². The lowest BCUT2D eigenvalue weighted by atomic mass is 10.1. The molecular weight excluding hydrogens is 378 g/mol. The van der Waals surface area contributed by atoms with E-state index in [1.54, 1.807) is 0 Å². The van der Waals surface area contributed by atoms with E-state index in [-0.39, 0.29) is 12.5 Å². The number of carbonyl (C=O) groups excluding carboxylic acids is 1. The van der Waals surface area contributed by atoms with E-state index in [0.29, 0.717) is 12.3 Å². The second-order valence-corrected chi connectivity index (χ2v) is 6.62.